The van der Waals surface area contributed by atoms with Crippen molar-refractivity contribution in [3.05, 3.63) is 35.4 Å². The lowest BCUT2D eigenvalue weighted by Gasteiger charge is -2.23. The molecule has 2 unspecified atom stereocenters. The Kier molecular flexibility index (Phi) is 5.88. The Labute approximate surface area is 116 Å². The summed E-state index contributed by atoms with van der Waals surface area (Å²) in [6, 6.07) is 6.28. The van der Waals surface area contributed by atoms with Crippen molar-refractivity contribution >= 4 is 29.1 Å². The van der Waals surface area contributed by atoms with E-state index in [0.29, 0.717) is 5.56 Å². The number of carbonyl (C=O) groups excluding carboxylic acids is 1. The van der Waals surface area contributed by atoms with E-state index in [4.69, 9.17) is 23.2 Å². The summed E-state index contributed by atoms with van der Waals surface area (Å²) in [5.74, 6) is -0.649. The molecule has 100 valence electrons. The van der Waals surface area contributed by atoms with Gasteiger partial charge in [0.2, 0.25) is 0 Å². The molecule has 1 aromatic rings. The minimum absolute atomic E-state index is 0.415. The SMILES string of the molecule is Cc1ccc(C(O)C(CO)NC(=O)C(Cl)Cl)cc1. The number of benzene rings is 1. The Morgan fingerprint density at radius 1 is 1.33 bits per heavy atom. The maximum absolute atomic E-state index is 11.3. The lowest BCUT2D eigenvalue weighted by Crippen LogP contribution is -2.44. The summed E-state index contributed by atoms with van der Waals surface area (Å²) in [7, 11) is 0. The molecule has 0 saturated heterocycles. The van der Waals surface area contributed by atoms with E-state index < -0.39 is 29.5 Å². The van der Waals surface area contributed by atoms with Crippen molar-refractivity contribution < 1.29 is 15.0 Å². The van der Waals surface area contributed by atoms with Gasteiger partial charge in [0.1, 0.15) is 6.10 Å². The second-order valence-electron chi connectivity index (χ2n) is 3.95. The van der Waals surface area contributed by atoms with Crippen molar-refractivity contribution in [3.8, 4) is 0 Å². The molecule has 0 spiro atoms. The van der Waals surface area contributed by atoms with E-state index in [0.717, 1.165) is 5.56 Å². The molecular weight excluding hydrogens is 277 g/mol. The molecule has 0 aromatic heterocycles. The van der Waals surface area contributed by atoms with Crippen molar-refractivity contribution in [2.75, 3.05) is 6.61 Å². The monoisotopic (exact) mass is 291 g/mol. The highest BCUT2D eigenvalue weighted by Gasteiger charge is 2.24. The topological polar surface area (TPSA) is 69.6 Å². The van der Waals surface area contributed by atoms with Crippen LogP contribution in [0.25, 0.3) is 0 Å². The molecule has 0 radical (unpaired) electrons. The number of rotatable bonds is 5. The van der Waals surface area contributed by atoms with Gasteiger partial charge in [-0.1, -0.05) is 53.0 Å². The highest BCUT2D eigenvalue weighted by atomic mass is 35.5. The second kappa shape index (κ2) is 6.95. The standard InChI is InChI=1S/C12H15Cl2NO3/c1-7-2-4-8(5-3-7)10(17)9(6-16)15-12(18)11(13)14/h2-5,9-11,16-17H,6H2,1H3,(H,15,18). The molecule has 0 aliphatic rings. The minimum atomic E-state index is -1.23. The molecule has 2 atom stereocenters. The summed E-state index contributed by atoms with van der Waals surface area (Å²) < 4.78 is 0. The highest BCUT2D eigenvalue weighted by Crippen LogP contribution is 2.18. The van der Waals surface area contributed by atoms with Gasteiger partial charge in [-0.05, 0) is 12.5 Å². The summed E-state index contributed by atoms with van der Waals surface area (Å²) in [6.07, 6.45) is -1.02. The number of aliphatic hydroxyl groups excluding tert-OH is 2. The molecule has 18 heavy (non-hydrogen) atoms. The normalized spacial score (nSPS) is 14.3. The van der Waals surface area contributed by atoms with Gasteiger partial charge < -0.3 is 15.5 Å². The van der Waals surface area contributed by atoms with Crippen LogP contribution in [-0.2, 0) is 4.79 Å². The average Bonchev–Trinajstić information content (AvgIpc) is 2.35. The van der Waals surface area contributed by atoms with Crippen LogP contribution in [-0.4, -0.2) is 33.6 Å². The fourth-order valence-electron chi connectivity index (χ4n) is 1.47. The van der Waals surface area contributed by atoms with E-state index in [-0.39, 0.29) is 0 Å². The van der Waals surface area contributed by atoms with E-state index in [1.807, 2.05) is 19.1 Å². The molecule has 3 N–H and O–H groups in total. The van der Waals surface area contributed by atoms with E-state index in [9.17, 15) is 15.0 Å². The summed E-state index contributed by atoms with van der Waals surface area (Å²) >= 11 is 10.8. The molecule has 1 rings (SSSR count). The molecule has 4 nitrogen and oxygen atoms in total. The van der Waals surface area contributed by atoms with Crippen LogP contribution in [0.15, 0.2) is 24.3 Å². The summed E-state index contributed by atoms with van der Waals surface area (Å²) in [5, 5.41) is 21.6. The zero-order valence-electron chi connectivity index (χ0n) is 9.81. The van der Waals surface area contributed by atoms with E-state index >= 15 is 0 Å². The van der Waals surface area contributed by atoms with E-state index in [1.165, 1.54) is 0 Å². The van der Waals surface area contributed by atoms with Crippen molar-refractivity contribution in [1.29, 1.82) is 0 Å². The van der Waals surface area contributed by atoms with Gasteiger partial charge in [-0.15, -0.1) is 0 Å². The van der Waals surface area contributed by atoms with Gasteiger partial charge in [-0.3, -0.25) is 4.79 Å². The predicted molar refractivity (Wildman–Crippen MR) is 70.6 cm³/mol. The number of hydrogen-bond donors (Lipinski definition) is 3. The number of amides is 1. The first-order valence-electron chi connectivity index (χ1n) is 5.39. The van der Waals surface area contributed by atoms with Gasteiger partial charge in [0.25, 0.3) is 5.91 Å². The van der Waals surface area contributed by atoms with E-state index in [1.54, 1.807) is 12.1 Å². The Balaban J connectivity index is 2.75. The van der Waals surface area contributed by atoms with Crippen LogP contribution in [0, 0.1) is 6.92 Å². The maximum Gasteiger partial charge on any atom is 0.253 e. The highest BCUT2D eigenvalue weighted by molar-refractivity contribution is 6.53. The maximum atomic E-state index is 11.3. The van der Waals surface area contributed by atoms with E-state index in [2.05, 4.69) is 5.32 Å². The third kappa shape index (κ3) is 4.14. The van der Waals surface area contributed by atoms with Crippen LogP contribution in [0.3, 0.4) is 0 Å². The third-order valence-electron chi connectivity index (χ3n) is 2.52. The zero-order chi connectivity index (χ0) is 13.7. The van der Waals surface area contributed by atoms with Crippen LogP contribution in [0.2, 0.25) is 0 Å². The largest absolute Gasteiger partial charge is 0.394 e. The Bertz CT molecular complexity index is 395. The van der Waals surface area contributed by atoms with Gasteiger partial charge in [0.15, 0.2) is 4.84 Å². The lowest BCUT2D eigenvalue weighted by atomic mass is 10.0. The molecule has 0 aliphatic heterocycles. The molecular formula is C12H15Cl2NO3. The van der Waals surface area contributed by atoms with Gasteiger partial charge in [0, 0.05) is 0 Å². The summed E-state index contributed by atoms with van der Waals surface area (Å²) in [5.41, 5.74) is 1.65. The molecule has 1 aromatic carbocycles. The molecule has 0 aliphatic carbocycles. The van der Waals surface area contributed by atoms with Gasteiger partial charge in [-0.2, -0.15) is 0 Å². The fraction of sp³-hybridized carbons (Fsp3) is 0.417. The molecule has 0 saturated carbocycles. The number of alkyl halides is 2. The zero-order valence-corrected chi connectivity index (χ0v) is 11.3. The molecule has 6 heteroatoms. The second-order valence-corrected chi connectivity index (χ2v) is 5.05. The number of hydrogen-bond acceptors (Lipinski definition) is 3. The van der Waals surface area contributed by atoms with Crippen molar-refractivity contribution in [2.45, 2.75) is 23.9 Å². The van der Waals surface area contributed by atoms with Crippen molar-refractivity contribution in [3.63, 3.8) is 0 Å². The van der Waals surface area contributed by atoms with Crippen LogP contribution >= 0.6 is 23.2 Å². The van der Waals surface area contributed by atoms with Gasteiger partial charge >= 0.3 is 0 Å². The Morgan fingerprint density at radius 3 is 2.33 bits per heavy atom. The number of nitrogens with one attached hydrogen (secondary N) is 1. The predicted octanol–water partition coefficient (Wildman–Crippen LogP) is 1.31. The van der Waals surface area contributed by atoms with Crippen LogP contribution in [0.4, 0.5) is 0 Å². The molecule has 0 heterocycles. The minimum Gasteiger partial charge on any atom is -0.394 e. The number of halogens is 2. The molecule has 0 fully saturated rings. The number of aryl methyl sites for hydroxylation is 1. The summed E-state index contributed by atoms with van der Waals surface area (Å²) in [4.78, 5) is 10.1. The molecule has 1 amide bonds. The number of carbonyl (C=O) groups is 1. The fourth-order valence-corrected chi connectivity index (χ4v) is 1.59. The Hall–Kier alpha value is -0.810. The first kappa shape index (κ1) is 15.2. The first-order valence-corrected chi connectivity index (χ1v) is 6.27. The quantitative estimate of drug-likeness (QED) is 0.717. The molecule has 0 bridgehead atoms. The van der Waals surface area contributed by atoms with Crippen molar-refractivity contribution in [2.24, 2.45) is 0 Å². The average molecular weight is 292 g/mol. The Morgan fingerprint density at radius 2 is 1.89 bits per heavy atom. The first-order chi connectivity index (χ1) is 8.45. The summed E-state index contributed by atoms with van der Waals surface area (Å²) in [6.45, 7) is 1.51. The van der Waals surface area contributed by atoms with Gasteiger partial charge in [0.05, 0.1) is 12.6 Å². The van der Waals surface area contributed by atoms with Gasteiger partial charge in [-0.25, -0.2) is 0 Å². The number of aliphatic hydroxyl groups is 2. The van der Waals surface area contributed by atoms with Crippen LogP contribution in [0.5, 0.6) is 0 Å². The van der Waals surface area contributed by atoms with Crippen molar-refractivity contribution in [1.82, 2.24) is 5.32 Å². The third-order valence-corrected chi connectivity index (χ3v) is 2.92. The van der Waals surface area contributed by atoms with Crippen LogP contribution < -0.4 is 5.32 Å². The van der Waals surface area contributed by atoms with Crippen LogP contribution in [0.1, 0.15) is 17.2 Å². The lowest BCUT2D eigenvalue weighted by molar-refractivity contribution is -0.121. The smallest absolute Gasteiger partial charge is 0.253 e.